The van der Waals surface area contributed by atoms with Crippen molar-refractivity contribution in [2.24, 2.45) is 0 Å². The van der Waals surface area contributed by atoms with Gasteiger partial charge in [0.15, 0.2) is 0 Å². The number of benzene rings is 2. The van der Waals surface area contributed by atoms with Gasteiger partial charge in [-0.1, -0.05) is 12.1 Å². The molecule has 0 fully saturated rings. The Balaban J connectivity index is 1.93. The van der Waals surface area contributed by atoms with Crippen LogP contribution in [0.3, 0.4) is 0 Å². The maximum absolute atomic E-state index is 12.9. The Bertz CT molecular complexity index is 902. The molecule has 0 bridgehead atoms. The first-order chi connectivity index (χ1) is 13.1. The number of nitriles is 1. The van der Waals surface area contributed by atoms with Gasteiger partial charge in [0.2, 0.25) is 0 Å². The van der Waals surface area contributed by atoms with Crippen molar-refractivity contribution in [3.8, 4) is 17.6 Å². The molecule has 2 aromatic carbocycles. The second-order valence-electron chi connectivity index (χ2n) is 6.48. The van der Waals surface area contributed by atoms with E-state index in [1.807, 2.05) is 19.1 Å². The number of nitrogens with zero attached hydrogens (tertiary/aromatic N) is 2. The van der Waals surface area contributed by atoms with Crippen molar-refractivity contribution in [3.05, 3.63) is 52.6 Å². The number of carbonyl (C=O) groups is 1. The molecule has 1 amide bonds. The average molecular weight is 365 g/mol. The Labute approximate surface area is 159 Å². The van der Waals surface area contributed by atoms with Gasteiger partial charge < -0.3 is 19.7 Å². The monoisotopic (exact) mass is 365 g/mol. The summed E-state index contributed by atoms with van der Waals surface area (Å²) >= 11 is 0. The van der Waals surface area contributed by atoms with E-state index in [4.69, 9.17) is 9.47 Å². The highest BCUT2D eigenvalue weighted by atomic mass is 16.5. The van der Waals surface area contributed by atoms with E-state index in [0.717, 1.165) is 30.8 Å². The van der Waals surface area contributed by atoms with Crippen LogP contribution in [0.1, 0.15) is 34.0 Å². The largest absolute Gasteiger partial charge is 0.496 e. The van der Waals surface area contributed by atoms with E-state index in [0.29, 0.717) is 29.2 Å². The lowest BCUT2D eigenvalue weighted by molar-refractivity contribution is 0.102. The predicted molar refractivity (Wildman–Crippen MR) is 103 cm³/mol. The van der Waals surface area contributed by atoms with Crippen molar-refractivity contribution in [1.29, 1.82) is 5.26 Å². The van der Waals surface area contributed by atoms with Gasteiger partial charge in [0.1, 0.15) is 17.6 Å². The molecule has 0 unspecified atom stereocenters. The molecule has 0 spiro atoms. The fourth-order valence-electron chi connectivity index (χ4n) is 3.33. The zero-order chi connectivity index (χ0) is 19.4. The number of anilines is 1. The summed E-state index contributed by atoms with van der Waals surface area (Å²) in [5.74, 6) is 0.478. The summed E-state index contributed by atoms with van der Waals surface area (Å²) in [7, 11) is 3.58. The van der Waals surface area contributed by atoms with E-state index >= 15 is 0 Å². The number of amides is 1. The van der Waals surface area contributed by atoms with E-state index in [2.05, 4.69) is 29.4 Å². The van der Waals surface area contributed by atoms with Gasteiger partial charge >= 0.3 is 0 Å². The van der Waals surface area contributed by atoms with Gasteiger partial charge in [-0.25, -0.2) is 0 Å². The lowest BCUT2D eigenvalue weighted by atomic mass is 9.98. The van der Waals surface area contributed by atoms with Crippen LogP contribution in [-0.4, -0.2) is 38.1 Å². The van der Waals surface area contributed by atoms with Crippen LogP contribution in [0.15, 0.2) is 30.3 Å². The predicted octanol–water partition coefficient (Wildman–Crippen LogP) is 3.21. The van der Waals surface area contributed by atoms with Gasteiger partial charge in [0, 0.05) is 24.8 Å². The minimum Gasteiger partial charge on any atom is -0.496 e. The van der Waals surface area contributed by atoms with E-state index in [1.54, 1.807) is 6.07 Å². The molecule has 1 heterocycles. The third-order valence-electron chi connectivity index (χ3n) is 4.67. The molecule has 0 aliphatic carbocycles. The highest BCUT2D eigenvalue weighted by Gasteiger charge is 2.21. The average Bonchev–Trinajstić information content (AvgIpc) is 2.67. The summed E-state index contributed by atoms with van der Waals surface area (Å²) in [5, 5.41) is 12.4. The molecule has 6 heteroatoms. The molecule has 0 atom stereocenters. The van der Waals surface area contributed by atoms with E-state index < -0.39 is 0 Å². The van der Waals surface area contributed by atoms with Gasteiger partial charge in [-0.2, -0.15) is 5.26 Å². The van der Waals surface area contributed by atoms with Gasteiger partial charge in [-0.3, -0.25) is 4.79 Å². The lowest BCUT2D eigenvalue weighted by Gasteiger charge is -2.26. The number of nitrogens with one attached hydrogen (secondary N) is 1. The molecule has 1 N–H and O–H groups in total. The third kappa shape index (κ3) is 3.88. The van der Waals surface area contributed by atoms with Crippen molar-refractivity contribution in [2.45, 2.75) is 19.9 Å². The molecule has 140 valence electrons. The van der Waals surface area contributed by atoms with Crippen LogP contribution in [0.25, 0.3) is 0 Å². The van der Waals surface area contributed by atoms with Crippen LogP contribution in [0.5, 0.6) is 11.5 Å². The number of rotatable bonds is 5. The SMILES string of the molecule is CCOc1cc(OC)c(C(=O)Nc2cccc3c2CCN(C)C3)cc1C#N. The first-order valence-electron chi connectivity index (χ1n) is 8.93. The Morgan fingerprint density at radius 2 is 2.15 bits per heavy atom. The summed E-state index contributed by atoms with van der Waals surface area (Å²) in [4.78, 5) is 15.2. The molecular weight excluding hydrogens is 342 g/mol. The lowest BCUT2D eigenvalue weighted by Crippen LogP contribution is -2.27. The first-order valence-corrected chi connectivity index (χ1v) is 8.93. The quantitative estimate of drug-likeness (QED) is 0.881. The fraction of sp³-hybridized carbons (Fsp3) is 0.333. The van der Waals surface area contributed by atoms with Crippen molar-refractivity contribution in [3.63, 3.8) is 0 Å². The van der Waals surface area contributed by atoms with Crippen LogP contribution < -0.4 is 14.8 Å². The maximum atomic E-state index is 12.9. The number of methoxy groups -OCH3 is 1. The summed E-state index contributed by atoms with van der Waals surface area (Å²) in [6.07, 6.45) is 0.881. The summed E-state index contributed by atoms with van der Waals surface area (Å²) in [5.41, 5.74) is 3.80. The number of hydrogen-bond donors (Lipinski definition) is 1. The molecule has 1 aliphatic rings. The Morgan fingerprint density at radius 1 is 1.33 bits per heavy atom. The van der Waals surface area contributed by atoms with Crippen molar-refractivity contribution < 1.29 is 14.3 Å². The molecule has 0 saturated carbocycles. The molecule has 0 saturated heterocycles. The molecule has 0 radical (unpaired) electrons. The standard InChI is InChI=1S/C21H23N3O3/c1-4-27-19-11-20(26-3)17(10-15(19)12-22)21(25)23-18-7-5-6-14-13-24(2)9-8-16(14)18/h5-7,10-11H,4,8-9,13H2,1-3H3,(H,23,25). The number of hydrogen-bond acceptors (Lipinski definition) is 5. The van der Waals surface area contributed by atoms with Crippen molar-refractivity contribution >= 4 is 11.6 Å². The zero-order valence-corrected chi connectivity index (χ0v) is 15.8. The highest BCUT2D eigenvalue weighted by molar-refractivity contribution is 6.07. The number of likely N-dealkylation sites (N-methyl/N-ethyl adjacent to an activating group) is 1. The van der Waals surface area contributed by atoms with E-state index in [-0.39, 0.29) is 5.91 Å². The molecule has 2 aromatic rings. The van der Waals surface area contributed by atoms with Gasteiger partial charge in [0.05, 0.1) is 24.8 Å². The zero-order valence-electron chi connectivity index (χ0n) is 15.8. The molecule has 27 heavy (non-hydrogen) atoms. The number of carbonyl (C=O) groups excluding carboxylic acids is 1. The van der Waals surface area contributed by atoms with Crippen LogP contribution in [-0.2, 0) is 13.0 Å². The molecular formula is C21H23N3O3. The summed E-state index contributed by atoms with van der Waals surface area (Å²) in [6.45, 7) is 4.08. The Kier molecular flexibility index (Phi) is 5.63. The van der Waals surface area contributed by atoms with Gasteiger partial charge in [0.25, 0.3) is 5.91 Å². The molecule has 3 rings (SSSR count). The molecule has 6 nitrogen and oxygen atoms in total. The third-order valence-corrected chi connectivity index (χ3v) is 4.67. The smallest absolute Gasteiger partial charge is 0.259 e. The first kappa shape index (κ1) is 18.7. The van der Waals surface area contributed by atoms with Crippen LogP contribution in [0.4, 0.5) is 5.69 Å². The van der Waals surface area contributed by atoms with Gasteiger partial charge in [-0.05, 0) is 43.7 Å². The van der Waals surface area contributed by atoms with Crippen LogP contribution in [0.2, 0.25) is 0 Å². The van der Waals surface area contributed by atoms with Crippen molar-refractivity contribution in [2.75, 3.05) is 32.6 Å². The number of fused-ring (bicyclic) bond motifs is 1. The van der Waals surface area contributed by atoms with Crippen molar-refractivity contribution in [1.82, 2.24) is 4.90 Å². The Hall–Kier alpha value is -3.04. The second-order valence-corrected chi connectivity index (χ2v) is 6.48. The minimum absolute atomic E-state index is 0.305. The minimum atomic E-state index is -0.307. The van der Waals surface area contributed by atoms with Crippen LogP contribution in [0, 0.1) is 11.3 Å². The molecule has 0 aromatic heterocycles. The van der Waals surface area contributed by atoms with Crippen LogP contribution >= 0.6 is 0 Å². The normalized spacial score (nSPS) is 13.4. The topological polar surface area (TPSA) is 74.6 Å². The Morgan fingerprint density at radius 3 is 2.85 bits per heavy atom. The second kappa shape index (κ2) is 8.11. The fourth-order valence-corrected chi connectivity index (χ4v) is 3.33. The maximum Gasteiger partial charge on any atom is 0.259 e. The highest BCUT2D eigenvalue weighted by Crippen LogP contribution is 2.31. The number of ether oxygens (including phenoxy) is 2. The van der Waals surface area contributed by atoms with E-state index in [1.165, 1.54) is 18.7 Å². The molecule has 1 aliphatic heterocycles. The summed E-state index contributed by atoms with van der Waals surface area (Å²) in [6, 6.07) is 11.1. The summed E-state index contributed by atoms with van der Waals surface area (Å²) < 4.78 is 10.8. The van der Waals surface area contributed by atoms with Gasteiger partial charge in [-0.15, -0.1) is 0 Å². The van der Waals surface area contributed by atoms with E-state index in [9.17, 15) is 10.1 Å².